The molecule has 0 spiro atoms. The van der Waals surface area contributed by atoms with Crippen molar-refractivity contribution in [2.45, 2.75) is 25.6 Å². The zero-order chi connectivity index (χ0) is 18.4. The summed E-state index contributed by atoms with van der Waals surface area (Å²) in [6.07, 6.45) is 2.95. The zero-order valence-corrected chi connectivity index (χ0v) is 15.3. The van der Waals surface area contributed by atoms with Crippen molar-refractivity contribution in [1.29, 1.82) is 0 Å². The van der Waals surface area contributed by atoms with Crippen LogP contribution in [0.1, 0.15) is 19.3 Å². The third kappa shape index (κ3) is 5.06. The van der Waals surface area contributed by atoms with Crippen molar-refractivity contribution < 1.29 is 19.1 Å². The molecule has 3 rings (SSSR count). The summed E-state index contributed by atoms with van der Waals surface area (Å²) in [5.41, 5.74) is 0.937. The lowest BCUT2D eigenvalue weighted by molar-refractivity contribution is -0.384. The minimum absolute atomic E-state index is 0.0365. The molecule has 2 heterocycles. The van der Waals surface area contributed by atoms with Crippen LogP contribution in [-0.4, -0.2) is 69.2 Å². The summed E-state index contributed by atoms with van der Waals surface area (Å²) in [6, 6.07) is 4.82. The Bertz CT molecular complexity index is 598. The first-order valence-corrected chi connectivity index (χ1v) is 9.21. The van der Waals surface area contributed by atoms with Gasteiger partial charge in [-0.15, -0.1) is 0 Å². The van der Waals surface area contributed by atoms with Gasteiger partial charge in [0.2, 0.25) is 0 Å². The molecule has 0 saturated carbocycles. The molecule has 2 aliphatic heterocycles. The van der Waals surface area contributed by atoms with Crippen LogP contribution in [0.5, 0.6) is 5.75 Å². The van der Waals surface area contributed by atoms with Gasteiger partial charge in [-0.05, 0) is 32.4 Å². The largest absolute Gasteiger partial charge is 0.489 e. The summed E-state index contributed by atoms with van der Waals surface area (Å²) in [5, 5.41) is 11.1. The van der Waals surface area contributed by atoms with Crippen molar-refractivity contribution in [2.24, 2.45) is 0 Å². The fraction of sp³-hybridized carbons (Fsp3) is 0.667. The lowest BCUT2D eigenvalue weighted by atomic mass is 10.2. The number of anilines is 1. The quantitative estimate of drug-likeness (QED) is 0.417. The number of rotatable bonds is 7. The molecule has 2 saturated heterocycles. The highest BCUT2D eigenvalue weighted by Crippen LogP contribution is 2.33. The highest BCUT2D eigenvalue weighted by molar-refractivity contribution is 5.62. The second kappa shape index (κ2) is 9.16. The van der Waals surface area contributed by atoms with Gasteiger partial charge in [0, 0.05) is 38.9 Å². The number of hydrogen-bond acceptors (Lipinski definition) is 7. The van der Waals surface area contributed by atoms with E-state index in [0.29, 0.717) is 19.0 Å². The molecule has 26 heavy (non-hydrogen) atoms. The Morgan fingerprint density at radius 2 is 2.04 bits per heavy atom. The van der Waals surface area contributed by atoms with Crippen LogP contribution in [0.2, 0.25) is 0 Å². The van der Waals surface area contributed by atoms with E-state index < -0.39 is 4.92 Å². The van der Waals surface area contributed by atoms with Gasteiger partial charge in [0.05, 0.1) is 23.3 Å². The molecule has 1 aromatic carbocycles. The number of nitro benzene ring substituents is 1. The van der Waals surface area contributed by atoms with Gasteiger partial charge in [-0.2, -0.15) is 0 Å². The van der Waals surface area contributed by atoms with Crippen LogP contribution in [0.15, 0.2) is 18.2 Å². The summed E-state index contributed by atoms with van der Waals surface area (Å²) in [5.74, 6) is 0.539. The molecule has 0 aromatic heterocycles. The van der Waals surface area contributed by atoms with Crippen molar-refractivity contribution >= 4 is 11.4 Å². The first kappa shape index (κ1) is 18.9. The van der Waals surface area contributed by atoms with E-state index in [2.05, 4.69) is 16.8 Å². The molecule has 1 unspecified atom stereocenters. The molecule has 8 nitrogen and oxygen atoms in total. The summed E-state index contributed by atoms with van der Waals surface area (Å²) < 4.78 is 17.1. The summed E-state index contributed by atoms with van der Waals surface area (Å²) in [7, 11) is 2.09. The number of hydrogen-bond donors (Lipinski definition) is 0. The molecule has 0 N–H and O–H groups in total. The standard InChI is InChI=1S/C18H27N3O5/c1-19-7-9-20(10-8-19)16-6-5-15(21(22)23)14-17(16)24-12-13-26-18-4-2-3-11-25-18/h5-6,14,18H,2-4,7-13H2,1H3. The van der Waals surface area contributed by atoms with Gasteiger partial charge in [0.15, 0.2) is 6.29 Å². The molecule has 1 aromatic rings. The van der Waals surface area contributed by atoms with E-state index in [1.807, 2.05) is 0 Å². The Balaban J connectivity index is 1.60. The van der Waals surface area contributed by atoms with Crippen molar-refractivity contribution in [3.05, 3.63) is 28.3 Å². The Labute approximate surface area is 153 Å². The predicted molar refractivity (Wildman–Crippen MR) is 97.8 cm³/mol. The van der Waals surface area contributed by atoms with Gasteiger partial charge >= 0.3 is 0 Å². The number of piperazine rings is 1. The third-order valence-electron chi connectivity index (χ3n) is 4.78. The lowest BCUT2D eigenvalue weighted by Gasteiger charge is -2.34. The fourth-order valence-electron chi connectivity index (χ4n) is 3.21. The number of likely N-dealkylation sites (N-methyl/N-ethyl adjacent to an activating group) is 1. The molecular formula is C18H27N3O5. The fourth-order valence-corrected chi connectivity index (χ4v) is 3.21. The van der Waals surface area contributed by atoms with Crippen LogP contribution in [0, 0.1) is 10.1 Å². The highest BCUT2D eigenvalue weighted by Gasteiger charge is 2.20. The minimum Gasteiger partial charge on any atom is -0.489 e. The second-order valence-electron chi connectivity index (χ2n) is 6.71. The summed E-state index contributed by atoms with van der Waals surface area (Å²) in [4.78, 5) is 15.2. The highest BCUT2D eigenvalue weighted by atomic mass is 16.7. The second-order valence-corrected chi connectivity index (χ2v) is 6.71. The topological polar surface area (TPSA) is 77.3 Å². The van der Waals surface area contributed by atoms with Gasteiger partial charge in [0.25, 0.3) is 5.69 Å². The molecule has 144 valence electrons. The molecular weight excluding hydrogens is 338 g/mol. The van der Waals surface area contributed by atoms with Crippen LogP contribution >= 0.6 is 0 Å². The van der Waals surface area contributed by atoms with Gasteiger partial charge in [0.1, 0.15) is 12.4 Å². The number of nitrogens with zero attached hydrogens (tertiary/aromatic N) is 3. The summed E-state index contributed by atoms with van der Waals surface area (Å²) in [6.45, 7) is 5.13. The van der Waals surface area contributed by atoms with Crippen LogP contribution in [-0.2, 0) is 9.47 Å². The predicted octanol–water partition coefficient (Wildman–Crippen LogP) is 2.27. The van der Waals surface area contributed by atoms with E-state index in [9.17, 15) is 10.1 Å². The van der Waals surface area contributed by atoms with Crippen LogP contribution in [0.3, 0.4) is 0 Å². The molecule has 2 fully saturated rings. The molecule has 0 radical (unpaired) electrons. The van der Waals surface area contributed by atoms with Crippen molar-refractivity contribution in [2.75, 3.05) is 57.9 Å². The van der Waals surface area contributed by atoms with Crippen LogP contribution < -0.4 is 9.64 Å². The smallest absolute Gasteiger partial charge is 0.273 e. The van der Waals surface area contributed by atoms with E-state index in [0.717, 1.165) is 57.7 Å². The average molecular weight is 365 g/mol. The average Bonchev–Trinajstić information content (AvgIpc) is 2.66. The lowest BCUT2D eigenvalue weighted by Crippen LogP contribution is -2.44. The van der Waals surface area contributed by atoms with Gasteiger partial charge in [-0.25, -0.2) is 0 Å². The Hall–Kier alpha value is -1.90. The van der Waals surface area contributed by atoms with E-state index in [1.54, 1.807) is 6.07 Å². The third-order valence-corrected chi connectivity index (χ3v) is 4.78. The maximum Gasteiger partial charge on any atom is 0.273 e. The Morgan fingerprint density at radius 1 is 1.23 bits per heavy atom. The molecule has 0 bridgehead atoms. The summed E-state index contributed by atoms with van der Waals surface area (Å²) >= 11 is 0. The normalized spacial score (nSPS) is 21.6. The SMILES string of the molecule is CN1CCN(c2ccc([N+](=O)[O-])cc2OCCOC2CCCCO2)CC1. The van der Waals surface area contributed by atoms with E-state index in [1.165, 1.54) is 12.1 Å². The zero-order valence-electron chi connectivity index (χ0n) is 15.3. The van der Waals surface area contributed by atoms with Gasteiger partial charge < -0.3 is 24.0 Å². The number of non-ortho nitro benzene ring substituents is 1. The van der Waals surface area contributed by atoms with Gasteiger partial charge in [-0.1, -0.05) is 0 Å². The first-order chi connectivity index (χ1) is 12.6. The Morgan fingerprint density at radius 3 is 2.73 bits per heavy atom. The molecule has 8 heteroatoms. The number of ether oxygens (including phenoxy) is 3. The maximum absolute atomic E-state index is 11.1. The van der Waals surface area contributed by atoms with Crippen molar-refractivity contribution in [3.8, 4) is 5.75 Å². The van der Waals surface area contributed by atoms with E-state index in [-0.39, 0.29) is 12.0 Å². The monoisotopic (exact) mass is 365 g/mol. The molecule has 0 amide bonds. The van der Waals surface area contributed by atoms with Crippen LogP contribution in [0.4, 0.5) is 11.4 Å². The van der Waals surface area contributed by atoms with Crippen molar-refractivity contribution in [3.63, 3.8) is 0 Å². The van der Waals surface area contributed by atoms with Crippen LogP contribution in [0.25, 0.3) is 0 Å². The first-order valence-electron chi connectivity index (χ1n) is 9.21. The molecule has 1 atom stereocenters. The number of nitro groups is 1. The van der Waals surface area contributed by atoms with Gasteiger partial charge in [-0.3, -0.25) is 10.1 Å². The molecule has 0 aliphatic carbocycles. The van der Waals surface area contributed by atoms with E-state index in [4.69, 9.17) is 14.2 Å². The molecule has 2 aliphatic rings. The minimum atomic E-state index is -0.396. The maximum atomic E-state index is 11.1. The van der Waals surface area contributed by atoms with E-state index >= 15 is 0 Å². The van der Waals surface area contributed by atoms with Crippen molar-refractivity contribution in [1.82, 2.24) is 4.90 Å². The Kier molecular flexibility index (Phi) is 6.65. The number of benzene rings is 1.